The van der Waals surface area contributed by atoms with Crippen LogP contribution in [0.25, 0.3) is 22.0 Å². The van der Waals surface area contributed by atoms with E-state index in [1.807, 2.05) is 72.9 Å². The third-order valence-electron chi connectivity index (χ3n) is 6.00. The van der Waals surface area contributed by atoms with E-state index in [4.69, 9.17) is 9.72 Å². The molecule has 1 atom stereocenters. The first-order chi connectivity index (χ1) is 17.1. The van der Waals surface area contributed by atoms with Crippen LogP contribution in [-0.2, 0) is 4.79 Å². The Morgan fingerprint density at radius 3 is 2.71 bits per heavy atom. The Hall–Kier alpha value is -4.23. The molecule has 7 nitrogen and oxygen atoms in total. The van der Waals surface area contributed by atoms with Gasteiger partial charge in [0.15, 0.2) is 0 Å². The second-order valence-corrected chi connectivity index (χ2v) is 8.65. The monoisotopic (exact) mass is 465 g/mol. The van der Waals surface area contributed by atoms with E-state index in [-0.39, 0.29) is 12.0 Å². The normalized spacial score (nSPS) is 15.6. The van der Waals surface area contributed by atoms with Gasteiger partial charge in [0.25, 0.3) is 0 Å². The van der Waals surface area contributed by atoms with E-state index < -0.39 is 0 Å². The van der Waals surface area contributed by atoms with Crippen LogP contribution in [-0.4, -0.2) is 47.0 Å². The quantitative estimate of drug-likeness (QED) is 0.363. The van der Waals surface area contributed by atoms with Crippen LogP contribution >= 0.6 is 0 Å². The number of aromatic nitrogens is 2. The lowest BCUT2D eigenvalue weighted by atomic mass is 10.0. The number of rotatable bonds is 7. The van der Waals surface area contributed by atoms with Crippen molar-refractivity contribution < 1.29 is 9.53 Å². The lowest BCUT2D eigenvalue weighted by molar-refractivity contribution is -0.111. The highest BCUT2D eigenvalue weighted by atomic mass is 16.5. The smallest absolute Gasteiger partial charge is 0.247 e. The molecule has 0 aliphatic carbocycles. The second kappa shape index (κ2) is 9.95. The third kappa shape index (κ3) is 5.31. The Kier molecular flexibility index (Phi) is 6.41. The molecule has 0 spiro atoms. The van der Waals surface area contributed by atoms with E-state index in [0.717, 1.165) is 53.0 Å². The van der Waals surface area contributed by atoms with Crippen molar-refractivity contribution in [2.24, 2.45) is 0 Å². The van der Waals surface area contributed by atoms with Crippen molar-refractivity contribution in [1.29, 1.82) is 0 Å². The first-order valence-corrected chi connectivity index (χ1v) is 11.6. The fourth-order valence-corrected chi connectivity index (χ4v) is 4.24. The summed E-state index contributed by atoms with van der Waals surface area (Å²) in [4.78, 5) is 23.3. The molecule has 0 bridgehead atoms. The van der Waals surface area contributed by atoms with Crippen LogP contribution in [0.15, 0.2) is 85.6 Å². The topological polar surface area (TPSA) is 79.4 Å². The molecule has 0 radical (unpaired) electrons. The van der Waals surface area contributed by atoms with Gasteiger partial charge in [-0.25, -0.2) is 9.97 Å². The van der Waals surface area contributed by atoms with Crippen molar-refractivity contribution in [2.45, 2.75) is 12.5 Å². The number of likely N-dealkylation sites (N-methyl/N-ethyl adjacent to an activating group) is 1. The van der Waals surface area contributed by atoms with Crippen LogP contribution in [0.5, 0.6) is 5.75 Å². The molecule has 35 heavy (non-hydrogen) atoms. The molecular formula is C28H27N5O2. The number of para-hydroxylation sites is 1. The van der Waals surface area contributed by atoms with Crippen molar-refractivity contribution in [2.75, 3.05) is 30.8 Å². The first kappa shape index (κ1) is 22.6. The lowest BCUT2D eigenvalue weighted by Crippen LogP contribution is -2.21. The van der Waals surface area contributed by atoms with Crippen LogP contribution in [0, 0.1) is 0 Å². The summed E-state index contributed by atoms with van der Waals surface area (Å²) < 4.78 is 6.08. The highest BCUT2D eigenvalue weighted by molar-refractivity contribution is 6.00. The summed E-state index contributed by atoms with van der Waals surface area (Å²) in [6.07, 6.45) is 4.35. The molecule has 1 aliphatic heterocycles. The largest absolute Gasteiger partial charge is 0.489 e. The predicted molar refractivity (Wildman–Crippen MR) is 140 cm³/mol. The summed E-state index contributed by atoms with van der Waals surface area (Å²) in [6, 6.07) is 21.5. The first-order valence-electron chi connectivity index (χ1n) is 11.6. The number of carbonyl (C=O) groups is 1. The average Bonchev–Trinajstić information content (AvgIpc) is 3.29. The van der Waals surface area contributed by atoms with Crippen LogP contribution in [0.1, 0.15) is 6.42 Å². The molecule has 1 aliphatic rings. The molecule has 2 heterocycles. The summed E-state index contributed by atoms with van der Waals surface area (Å²) in [6.45, 7) is 5.53. The number of ether oxygens (including phenoxy) is 1. The molecule has 1 amide bonds. The minimum atomic E-state index is -0.249. The zero-order valence-corrected chi connectivity index (χ0v) is 19.6. The summed E-state index contributed by atoms with van der Waals surface area (Å²) in [5.41, 5.74) is 4.30. The SMILES string of the molecule is C=CC(=O)Nc1cccc(-c2cccc3cnc(Nc4ccc(O[C@@H]5CCN(C)C5)cc4)nc23)c1. The van der Waals surface area contributed by atoms with E-state index in [1.54, 1.807) is 0 Å². The summed E-state index contributed by atoms with van der Waals surface area (Å²) >= 11 is 0. The van der Waals surface area contributed by atoms with Crippen molar-refractivity contribution >= 4 is 34.1 Å². The number of anilines is 3. The fraction of sp³-hybridized carbons (Fsp3) is 0.179. The third-order valence-corrected chi connectivity index (χ3v) is 6.00. The van der Waals surface area contributed by atoms with Gasteiger partial charge in [0.05, 0.1) is 5.52 Å². The van der Waals surface area contributed by atoms with E-state index in [2.05, 4.69) is 34.1 Å². The number of hydrogen-bond donors (Lipinski definition) is 2. The number of nitrogens with zero attached hydrogens (tertiary/aromatic N) is 3. The molecule has 1 fully saturated rings. The number of benzene rings is 3. The molecule has 3 aromatic carbocycles. The van der Waals surface area contributed by atoms with Gasteiger partial charge in [-0.15, -0.1) is 0 Å². The van der Waals surface area contributed by atoms with Crippen molar-refractivity contribution in [3.05, 3.63) is 85.6 Å². The minimum absolute atomic E-state index is 0.240. The maximum atomic E-state index is 11.7. The van der Waals surface area contributed by atoms with Crippen LogP contribution in [0.3, 0.4) is 0 Å². The molecule has 5 rings (SSSR count). The van der Waals surface area contributed by atoms with Gasteiger partial charge >= 0.3 is 0 Å². The standard InChI is InChI=1S/C28H27N5O2/c1-3-26(34)30-22-8-4-6-19(16-22)25-9-5-7-20-17-29-28(32-27(20)25)31-21-10-12-23(13-11-21)35-24-14-15-33(2)18-24/h3-13,16-17,24H,1,14-15,18H2,2H3,(H,30,34)(H,29,31,32)/t24-/m1/s1. The van der Waals surface area contributed by atoms with Crippen molar-refractivity contribution in [1.82, 2.24) is 14.9 Å². The number of fused-ring (bicyclic) bond motifs is 1. The van der Waals surface area contributed by atoms with Gasteiger partial charge in [0, 0.05) is 41.6 Å². The highest BCUT2D eigenvalue weighted by Gasteiger charge is 2.20. The lowest BCUT2D eigenvalue weighted by Gasteiger charge is -2.14. The summed E-state index contributed by atoms with van der Waals surface area (Å²) in [5, 5.41) is 7.03. The predicted octanol–water partition coefficient (Wildman–Crippen LogP) is 5.25. The molecule has 2 N–H and O–H groups in total. The van der Waals surface area contributed by atoms with Crippen molar-refractivity contribution in [3.8, 4) is 16.9 Å². The molecule has 7 heteroatoms. The number of likely N-dealkylation sites (tertiary alicyclic amines) is 1. The maximum absolute atomic E-state index is 11.7. The van der Waals surface area contributed by atoms with Gasteiger partial charge < -0.3 is 20.3 Å². The molecule has 4 aromatic rings. The molecule has 1 saturated heterocycles. The van der Waals surface area contributed by atoms with Gasteiger partial charge in [-0.3, -0.25) is 4.79 Å². The summed E-state index contributed by atoms with van der Waals surface area (Å²) in [5.74, 6) is 1.12. The zero-order chi connectivity index (χ0) is 24.2. The average molecular weight is 466 g/mol. The molecular weight excluding hydrogens is 438 g/mol. The van der Waals surface area contributed by atoms with Crippen molar-refractivity contribution in [3.63, 3.8) is 0 Å². The highest BCUT2D eigenvalue weighted by Crippen LogP contribution is 2.30. The Labute approximate surface area is 204 Å². The van der Waals surface area contributed by atoms with Crippen LogP contribution in [0.2, 0.25) is 0 Å². The number of carbonyl (C=O) groups excluding carboxylic acids is 1. The number of amides is 1. The maximum Gasteiger partial charge on any atom is 0.247 e. The second-order valence-electron chi connectivity index (χ2n) is 8.65. The number of hydrogen-bond acceptors (Lipinski definition) is 6. The Morgan fingerprint density at radius 1 is 1.11 bits per heavy atom. The fourth-order valence-electron chi connectivity index (χ4n) is 4.24. The van der Waals surface area contributed by atoms with Crippen LogP contribution < -0.4 is 15.4 Å². The summed E-state index contributed by atoms with van der Waals surface area (Å²) in [7, 11) is 2.11. The van der Waals surface area contributed by atoms with Gasteiger partial charge in [-0.1, -0.05) is 36.9 Å². The van der Waals surface area contributed by atoms with Gasteiger partial charge in [0.2, 0.25) is 11.9 Å². The van der Waals surface area contributed by atoms with Crippen LogP contribution in [0.4, 0.5) is 17.3 Å². The molecule has 1 aromatic heterocycles. The van der Waals surface area contributed by atoms with E-state index in [9.17, 15) is 4.79 Å². The minimum Gasteiger partial charge on any atom is -0.489 e. The Bertz CT molecular complexity index is 1370. The van der Waals surface area contributed by atoms with E-state index in [0.29, 0.717) is 11.6 Å². The molecule has 0 unspecified atom stereocenters. The van der Waals surface area contributed by atoms with E-state index >= 15 is 0 Å². The Balaban J connectivity index is 1.37. The zero-order valence-electron chi connectivity index (χ0n) is 19.6. The molecule has 176 valence electrons. The van der Waals surface area contributed by atoms with Gasteiger partial charge in [-0.2, -0.15) is 0 Å². The van der Waals surface area contributed by atoms with Gasteiger partial charge in [-0.05, 0) is 61.5 Å². The van der Waals surface area contributed by atoms with E-state index in [1.165, 1.54) is 6.08 Å². The number of nitrogens with one attached hydrogen (secondary N) is 2. The Morgan fingerprint density at radius 2 is 1.94 bits per heavy atom. The van der Waals surface area contributed by atoms with Gasteiger partial charge in [0.1, 0.15) is 11.9 Å². The molecule has 0 saturated carbocycles.